The quantitative estimate of drug-likeness (QED) is 0.823. The second kappa shape index (κ2) is 4.58. The summed E-state index contributed by atoms with van der Waals surface area (Å²) in [5.74, 6) is 1.15. The molecule has 0 amide bonds. The lowest BCUT2D eigenvalue weighted by Crippen LogP contribution is -1.75. The van der Waals surface area contributed by atoms with Gasteiger partial charge in [-0.05, 0) is 28.7 Å². The molecule has 0 unspecified atom stereocenters. The Labute approximate surface area is 84.6 Å². The molecule has 0 heterocycles. The van der Waals surface area contributed by atoms with Gasteiger partial charge in [0.2, 0.25) is 0 Å². The second-order valence-corrected chi connectivity index (χ2v) is 4.47. The summed E-state index contributed by atoms with van der Waals surface area (Å²) < 4.78 is 0.973. The Kier molecular flexibility index (Phi) is 3.69. The van der Waals surface area contributed by atoms with Gasteiger partial charge in [0.25, 0.3) is 0 Å². The van der Waals surface area contributed by atoms with E-state index in [2.05, 4.69) is 22.5 Å². The third-order valence-electron chi connectivity index (χ3n) is 1.23. The zero-order valence-corrected chi connectivity index (χ0v) is 8.86. The molecule has 1 N–H and O–H groups in total. The maximum absolute atomic E-state index is 9.00. The molecule has 3 heteroatoms. The average molecular weight is 245 g/mol. The molecule has 1 aromatic carbocycles. The van der Waals surface area contributed by atoms with Crippen molar-refractivity contribution >= 4 is 27.7 Å². The van der Waals surface area contributed by atoms with Crippen LogP contribution in [0.3, 0.4) is 0 Å². The number of aromatic hydroxyl groups is 1. The van der Waals surface area contributed by atoms with Crippen molar-refractivity contribution in [3.63, 3.8) is 0 Å². The number of halogens is 1. The van der Waals surface area contributed by atoms with Crippen LogP contribution in [0.1, 0.15) is 0 Å². The molecule has 0 aliphatic carbocycles. The highest BCUT2D eigenvalue weighted by atomic mass is 79.9. The summed E-state index contributed by atoms with van der Waals surface area (Å²) in [5, 5.41) is 9.00. The first-order valence-corrected chi connectivity index (χ1v) is 5.21. The third-order valence-corrected chi connectivity index (χ3v) is 2.98. The van der Waals surface area contributed by atoms with E-state index in [0.717, 1.165) is 15.1 Å². The summed E-state index contributed by atoms with van der Waals surface area (Å²) in [7, 11) is 0. The van der Waals surface area contributed by atoms with Gasteiger partial charge >= 0.3 is 0 Å². The summed E-state index contributed by atoms with van der Waals surface area (Å²) >= 11 is 4.96. The number of hydrogen-bond acceptors (Lipinski definition) is 2. The van der Waals surface area contributed by atoms with Gasteiger partial charge in [0.1, 0.15) is 5.75 Å². The minimum absolute atomic E-state index is 0.303. The minimum Gasteiger partial charge on any atom is -0.508 e. The van der Waals surface area contributed by atoms with Gasteiger partial charge < -0.3 is 5.11 Å². The molecule has 64 valence electrons. The molecule has 1 rings (SSSR count). The molecule has 0 radical (unpaired) electrons. The van der Waals surface area contributed by atoms with Crippen molar-refractivity contribution in [1.29, 1.82) is 0 Å². The number of phenols is 1. The van der Waals surface area contributed by atoms with Gasteiger partial charge in [0.15, 0.2) is 0 Å². The van der Waals surface area contributed by atoms with Crippen LogP contribution in [0.5, 0.6) is 5.75 Å². The first-order valence-electron chi connectivity index (χ1n) is 3.43. The van der Waals surface area contributed by atoms with E-state index >= 15 is 0 Å². The SMILES string of the molecule is C=C(Br)CSc1ccc(O)cc1. The summed E-state index contributed by atoms with van der Waals surface area (Å²) in [5.41, 5.74) is 0. The number of thioether (sulfide) groups is 1. The predicted molar refractivity (Wildman–Crippen MR) is 56.9 cm³/mol. The smallest absolute Gasteiger partial charge is 0.115 e. The van der Waals surface area contributed by atoms with Gasteiger partial charge in [-0.25, -0.2) is 0 Å². The van der Waals surface area contributed by atoms with Crippen LogP contribution in [-0.4, -0.2) is 10.9 Å². The molecular weight excluding hydrogens is 236 g/mol. The third kappa shape index (κ3) is 3.32. The molecule has 0 spiro atoms. The van der Waals surface area contributed by atoms with Crippen LogP contribution in [0.4, 0.5) is 0 Å². The van der Waals surface area contributed by atoms with Gasteiger partial charge in [-0.3, -0.25) is 0 Å². The summed E-state index contributed by atoms with van der Waals surface area (Å²) in [6.45, 7) is 3.73. The Morgan fingerprint density at radius 3 is 2.50 bits per heavy atom. The molecule has 12 heavy (non-hydrogen) atoms. The van der Waals surface area contributed by atoms with Crippen LogP contribution >= 0.6 is 27.7 Å². The van der Waals surface area contributed by atoms with Crippen LogP contribution in [0.2, 0.25) is 0 Å². The van der Waals surface area contributed by atoms with E-state index in [9.17, 15) is 0 Å². The monoisotopic (exact) mass is 244 g/mol. The first-order chi connectivity index (χ1) is 5.68. The van der Waals surface area contributed by atoms with Gasteiger partial charge in [0, 0.05) is 10.6 Å². The minimum atomic E-state index is 0.303. The van der Waals surface area contributed by atoms with Gasteiger partial charge in [-0.15, -0.1) is 11.8 Å². The fourth-order valence-corrected chi connectivity index (χ4v) is 1.70. The summed E-state index contributed by atoms with van der Waals surface area (Å²) in [4.78, 5) is 1.13. The number of hydrogen-bond donors (Lipinski definition) is 1. The largest absolute Gasteiger partial charge is 0.508 e. The van der Waals surface area contributed by atoms with Crippen LogP contribution in [-0.2, 0) is 0 Å². The molecule has 0 fully saturated rings. The van der Waals surface area contributed by atoms with Crippen molar-refractivity contribution in [2.24, 2.45) is 0 Å². The molecule has 0 atom stereocenters. The van der Waals surface area contributed by atoms with Crippen molar-refractivity contribution < 1.29 is 5.11 Å². The molecule has 0 aromatic heterocycles. The Hall–Kier alpha value is -0.410. The summed E-state index contributed by atoms with van der Waals surface area (Å²) in [6, 6.07) is 7.13. The maximum Gasteiger partial charge on any atom is 0.115 e. The molecular formula is C9H9BrOS. The van der Waals surface area contributed by atoms with Crippen molar-refractivity contribution in [2.45, 2.75) is 4.90 Å². The number of benzene rings is 1. The lowest BCUT2D eigenvalue weighted by atomic mass is 10.3. The lowest BCUT2D eigenvalue weighted by molar-refractivity contribution is 0.475. The zero-order valence-electron chi connectivity index (χ0n) is 6.46. The van der Waals surface area contributed by atoms with E-state index < -0.39 is 0 Å². The zero-order chi connectivity index (χ0) is 8.97. The topological polar surface area (TPSA) is 20.2 Å². The standard InChI is InChI=1S/C9H9BrOS/c1-7(10)6-12-9-4-2-8(11)3-5-9/h2-5,11H,1,6H2. The van der Waals surface area contributed by atoms with E-state index in [-0.39, 0.29) is 0 Å². The van der Waals surface area contributed by atoms with E-state index in [1.165, 1.54) is 0 Å². The Morgan fingerprint density at radius 2 is 2.00 bits per heavy atom. The van der Waals surface area contributed by atoms with E-state index in [0.29, 0.717) is 5.75 Å². The molecule has 0 bridgehead atoms. The molecule has 1 aromatic rings. The molecule has 0 saturated carbocycles. The highest BCUT2D eigenvalue weighted by molar-refractivity contribution is 9.11. The predicted octanol–water partition coefficient (Wildman–Crippen LogP) is 3.39. The number of rotatable bonds is 3. The maximum atomic E-state index is 9.00. The highest BCUT2D eigenvalue weighted by Gasteiger charge is 1.94. The van der Waals surface area contributed by atoms with Crippen LogP contribution in [0, 0.1) is 0 Å². The Morgan fingerprint density at radius 1 is 1.42 bits per heavy atom. The molecule has 0 aliphatic rings. The fraction of sp³-hybridized carbons (Fsp3) is 0.111. The Balaban J connectivity index is 2.53. The molecule has 0 aliphatic heterocycles. The van der Waals surface area contributed by atoms with Gasteiger partial charge in [0.05, 0.1) is 0 Å². The van der Waals surface area contributed by atoms with Crippen LogP contribution in [0.15, 0.2) is 40.2 Å². The van der Waals surface area contributed by atoms with E-state index in [1.807, 2.05) is 12.1 Å². The highest BCUT2D eigenvalue weighted by Crippen LogP contribution is 2.23. The second-order valence-electron chi connectivity index (χ2n) is 2.30. The van der Waals surface area contributed by atoms with Crippen molar-refractivity contribution in [3.05, 3.63) is 35.3 Å². The van der Waals surface area contributed by atoms with E-state index in [1.54, 1.807) is 23.9 Å². The lowest BCUT2D eigenvalue weighted by Gasteiger charge is -1.99. The fourth-order valence-electron chi connectivity index (χ4n) is 0.704. The van der Waals surface area contributed by atoms with Crippen LogP contribution in [0.25, 0.3) is 0 Å². The molecule has 1 nitrogen and oxygen atoms in total. The average Bonchev–Trinajstić information content (AvgIpc) is 2.03. The summed E-state index contributed by atoms with van der Waals surface area (Å²) in [6.07, 6.45) is 0. The van der Waals surface area contributed by atoms with E-state index in [4.69, 9.17) is 5.11 Å². The number of phenolic OH excluding ortho intramolecular Hbond substituents is 1. The van der Waals surface area contributed by atoms with Crippen molar-refractivity contribution in [3.8, 4) is 5.75 Å². The van der Waals surface area contributed by atoms with Gasteiger partial charge in [-0.1, -0.05) is 22.5 Å². The Bertz CT molecular complexity index is 268. The normalized spacial score (nSPS) is 9.75. The van der Waals surface area contributed by atoms with Gasteiger partial charge in [-0.2, -0.15) is 0 Å². The van der Waals surface area contributed by atoms with Crippen LogP contribution < -0.4 is 0 Å². The first kappa shape index (κ1) is 9.68. The molecule has 0 saturated heterocycles. The van der Waals surface area contributed by atoms with Crippen molar-refractivity contribution in [2.75, 3.05) is 5.75 Å². The van der Waals surface area contributed by atoms with Crippen molar-refractivity contribution in [1.82, 2.24) is 0 Å².